The molecule has 6 heteroatoms. The predicted molar refractivity (Wildman–Crippen MR) is 102 cm³/mol. The van der Waals surface area contributed by atoms with E-state index in [9.17, 15) is 14.0 Å². The standard InChI is InChI=1S/C20H24FN3O2/c1-3-12-24(13-19(25)22-17-10-6-4-8-15(17)2)14-20(26)23-18-11-7-5-9-16(18)21/h4-11H,3,12-14H2,1-2H3,(H,22,25)(H,23,26). The van der Waals surface area contributed by atoms with Gasteiger partial charge in [0.15, 0.2) is 0 Å². The van der Waals surface area contributed by atoms with Gasteiger partial charge in [-0.1, -0.05) is 37.3 Å². The summed E-state index contributed by atoms with van der Waals surface area (Å²) >= 11 is 0. The summed E-state index contributed by atoms with van der Waals surface area (Å²) in [5.41, 5.74) is 1.86. The summed E-state index contributed by atoms with van der Waals surface area (Å²) in [4.78, 5) is 26.2. The van der Waals surface area contributed by atoms with Crippen molar-refractivity contribution in [2.24, 2.45) is 0 Å². The minimum absolute atomic E-state index is 0.0172. The number of anilines is 2. The second-order valence-electron chi connectivity index (χ2n) is 6.10. The highest BCUT2D eigenvalue weighted by Crippen LogP contribution is 2.14. The van der Waals surface area contributed by atoms with Gasteiger partial charge in [-0.3, -0.25) is 14.5 Å². The van der Waals surface area contributed by atoms with Gasteiger partial charge in [-0.25, -0.2) is 4.39 Å². The van der Waals surface area contributed by atoms with Gasteiger partial charge in [0.05, 0.1) is 18.8 Å². The molecule has 0 heterocycles. The van der Waals surface area contributed by atoms with Gasteiger partial charge in [-0.05, 0) is 43.7 Å². The molecule has 26 heavy (non-hydrogen) atoms. The summed E-state index contributed by atoms with van der Waals surface area (Å²) in [6, 6.07) is 13.5. The van der Waals surface area contributed by atoms with Crippen LogP contribution in [0.25, 0.3) is 0 Å². The third kappa shape index (κ3) is 5.97. The Kier molecular flexibility index (Phi) is 7.29. The van der Waals surface area contributed by atoms with Crippen LogP contribution in [-0.4, -0.2) is 36.3 Å². The lowest BCUT2D eigenvalue weighted by Gasteiger charge is -2.21. The Morgan fingerprint density at radius 2 is 1.46 bits per heavy atom. The summed E-state index contributed by atoms with van der Waals surface area (Å²) in [5.74, 6) is -1.03. The van der Waals surface area contributed by atoms with E-state index in [1.54, 1.807) is 17.0 Å². The molecular formula is C20H24FN3O2. The molecule has 0 saturated carbocycles. The van der Waals surface area contributed by atoms with Crippen molar-refractivity contribution in [3.8, 4) is 0 Å². The van der Waals surface area contributed by atoms with E-state index in [1.807, 2.05) is 38.1 Å². The Bertz CT molecular complexity index is 703. The molecule has 0 aromatic heterocycles. The molecule has 0 fully saturated rings. The average molecular weight is 357 g/mol. The number of amides is 2. The zero-order chi connectivity index (χ0) is 18.9. The van der Waals surface area contributed by atoms with Gasteiger partial charge in [0.25, 0.3) is 0 Å². The van der Waals surface area contributed by atoms with Crippen molar-refractivity contribution >= 4 is 23.2 Å². The molecule has 0 aliphatic carbocycles. The number of halogens is 1. The summed E-state index contributed by atoms with van der Waals surface area (Å²) in [7, 11) is 0. The first-order chi connectivity index (χ1) is 12.5. The van der Waals surface area contributed by atoms with Crippen LogP contribution in [0.1, 0.15) is 18.9 Å². The van der Waals surface area contributed by atoms with Gasteiger partial charge in [0.1, 0.15) is 5.82 Å². The van der Waals surface area contributed by atoms with Gasteiger partial charge in [0.2, 0.25) is 11.8 Å². The molecule has 2 aromatic carbocycles. The van der Waals surface area contributed by atoms with Crippen LogP contribution in [0.2, 0.25) is 0 Å². The summed E-state index contributed by atoms with van der Waals surface area (Å²) < 4.78 is 13.6. The Labute approximate surface area is 153 Å². The highest BCUT2D eigenvalue weighted by atomic mass is 19.1. The summed E-state index contributed by atoms with van der Waals surface area (Å²) in [6.07, 6.45) is 0.796. The maximum Gasteiger partial charge on any atom is 0.238 e. The highest BCUT2D eigenvalue weighted by molar-refractivity contribution is 5.95. The molecular weight excluding hydrogens is 333 g/mol. The molecule has 2 N–H and O–H groups in total. The number of rotatable bonds is 8. The molecule has 0 spiro atoms. The molecule has 2 rings (SSSR count). The van der Waals surface area contributed by atoms with Crippen LogP contribution in [0.3, 0.4) is 0 Å². The van der Waals surface area contributed by atoms with E-state index in [-0.39, 0.29) is 30.6 Å². The molecule has 5 nitrogen and oxygen atoms in total. The Balaban J connectivity index is 1.93. The van der Waals surface area contributed by atoms with E-state index in [0.717, 1.165) is 17.7 Å². The van der Waals surface area contributed by atoms with E-state index in [1.165, 1.54) is 12.1 Å². The molecule has 0 aliphatic rings. The van der Waals surface area contributed by atoms with Crippen molar-refractivity contribution in [3.63, 3.8) is 0 Å². The Hall–Kier alpha value is -2.73. The SMILES string of the molecule is CCCN(CC(=O)Nc1ccccc1C)CC(=O)Nc1ccccc1F. The first-order valence-electron chi connectivity index (χ1n) is 8.61. The summed E-state index contributed by atoms with van der Waals surface area (Å²) in [5, 5.41) is 5.40. The van der Waals surface area contributed by atoms with Gasteiger partial charge in [-0.15, -0.1) is 0 Å². The number of hydrogen-bond acceptors (Lipinski definition) is 3. The maximum atomic E-state index is 13.6. The van der Waals surface area contributed by atoms with Crippen LogP contribution in [-0.2, 0) is 9.59 Å². The second kappa shape index (κ2) is 9.68. The van der Waals surface area contributed by atoms with Crippen molar-refractivity contribution in [3.05, 3.63) is 59.9 Å². The third-order valence-electron chi connectivity index (χ3n) is 3.84. The van der Waals surface area contributed by atoms with E-state index in [4.69, 9.17) is 0 Å². The average Bonchev–Trinajstić information content (AvgIpc) is 2.59. The molecule has 0 bridgehead atoms. The quantitative estimate of drug-likeness (QED) is 0.761. The number of nitrogens with zero attached hydrogens (tertiary/aromatic N) is 1. The topological polar surface area (TPSA) is 61.4 Å². The Morgan fingerprint density at radius 3 is 2.04 bits per heavy atom. The van der Waals surface area contributed by atoms with Crippen LogP contribution < -0.4 is 10.6 Å². The van der Waals surface area contributed by atoms with Crippen molar-refractivity contribution in [2.75, 3.05) is 30.3 Å². The van der Waals surface area contributed by atoms with Crippen molar-refractivity contribution < 1.29 is 14.0 Å². The van der Waals surface area contributed by atoms with Crippen LogP contribution in [0.5, 0.6) is 0 Å². The fraction of sp³-hybridized carbons (Fsp3) is 0.300. The minimum atomic E-state index is -0.486. The highest BCUT2D eigenvalue weighted by Gasteiger charge is 2.15. The largest absolute Gasteiger partial charge is 0.325 e. The van der Waals surface area contributed by atoms with Crippen LogP contribution >= 0.6 is 0 Å². The second-order valence-corrected chi connectivity index (χ2v) is 6.10. The smallest absolute Gasteiger partial charge is 0.238 e. The molecule has 0 aliphatic heterocycles. The molecule has 0 saturated heterocycles. The summed E-state index contributed by atoms with van der Waals surface area (Å²) in [6.45, 7) is 4.59. The van der Waals surface area contributed by atoms with E-state index in [2.05, 4.69) is 10.6 Å². The van der Waals surface area contributed by atoms with Crippen LogP contribution in [0.4, 0.5) is 15.8 Å². The molecule has 2 aromatic rings. The van der Waals surface area contributed by atoms with Crippen LogP contribution in [0, 0.1) is 12.7 Å². The van der Waals surface area contributed by atoms with Gasteiger partial charge >= 0.3 is 0 Å². The lowest BCUT2D eigenvalue weighted by molar-refractivity contribution is -0.120. The lowest BCUT2D eigenvalue weighted by Crippen LogP contribution is -2.39. The number of carbonyl (C=O) groups excluding carboxylic acids is 2. The van der Waals surface area contributed by atoms with Crippen LogP contribution in [0.15, 0.2) is 48.5 Å². The first kappa shape index (κ1) is 19.6. The van der Waals surface area contributed by atoms with Gasteiger partial charge in [0, 0.05) is 5.69 Å². The zero-order valence-corrected chi connectivity index (χ0v) is 15.1. The molecule has 2 amide bonds. The monoisotopic (exact) mass is 357 g/mol. The Morgan fingerprint density at radius 1 is 0.923 bits per heavy atom. The fourth-order valence-electron chi connectivity index (χ4n) is 2.59. The number of para-hydroxylation sites is 2. The number of hydrogen-bond donors (Lipinski definition) is 2. The van der Waals surface area contributed by atoms with Crippen molar-refractivity contribution in [1.29, 1.82) is 0 Å². The van der Waals surface area contributed by atoms with E-state index >= 15 is 0 Å². The van der Waals surface area contributed by atoms with Gasteiger partial charge < -0.3 is 10.6 Å². The molecule has 138 valence electrons. The third-order valence-corrected chi connectivity index (χ3v) is 3.84. The predicted octanol–water partition coefficient (Wildman–Crippen LogP) is 3.42. The number of nitrogens with one attached hydrogen (secondary N) is 2. The first-order valence-corrected chi connectivity index (χ1v) is 8.61. The van der Waals surface area contributed by atoms with Crippen molar-refractivity contribution in [1.82, 2.24) is 4.90 Å². The number of carbonyl (C=O) groups is 2. The van der Waals surface area contributed by atoms with Gasteiger partial charge in [-0.2, -0.15) is 0 Å². The number of aryl methyl sites for hydroxylation is 1. The molecule has 0 atom stereocenters. The normalized spacial score (nSPS) is 10.6. The maximum absolute atomic E-state index is 13.6. The molecule has 0 radical (unpaired) electrons. The minimum Gasteiger partial charge on any atom is -0.325 e. The zero-order valence-electron chi connectivity index (χ0n) is 15.1. The van der Waals surface area contributed by atoms with E-state index < -0.39 is 5.82 Å². The lowest BCUT2D eigenvalue weighted by atomic mass is 10.2. The fourth-order valence-corrected chi connectivity index (χ4v) is 2.59. The van der Waals surface area contributed by atoms with E-state index in [0.29, 0.717) is 6.54 Å². The number of benzene rings is 2. The van der Waals surface area contributed by atoms with Crippen molar-refractivity contribution in [2.45, 2.75) is 20.3 Å². The molecule has 0 unspecified atom stereocenters.